The van der Waals surface area contributed by atoms with E-state index in [1.807, 2.05) is 58.6 Å². The van der Waals surface area contributed by atoms with Gasteiger partial charge in [-0.2, -0.15) is 9.78 Å². The van der Waals surface area contributed by atoms with Crippen molar-refractivity contribution in [2.45, 2.75) is 26.7 Å². The Bertz CT molecular complexity index is 1090. The second-order valence-electron chi connectivity index (χ2n) is 7.20. The fourth-order valence-electron chi connectivity index (χ4n) is 3.30. The van der Waals surface area contributed by atoms with Crippen LogP contribution in [-0.4, -0.2) is 34.1 Å². The lowest BCUT2D eigenvalue weighted by Gasteiger charge is -2.10. The molecule has 0 aliphatic rings. The summed E-state index contributed by atoms with van der Waals surface area (Å²) in [5.41, 5.74) is 2.03. The van der Waals surface area contributed by atoms with Crippen molar-refractivity contribution in [1.29, 1.82) is 0 Å². The van der Waals surface area contributed by atoms with Crippen LogP contribution in [0.2, 0.25) is 0 Å². The van der Waals surface area contributed by atoms with Gasteiger partial charge in [0.1, 0.15) is 5.82 Å². The zero-order valence-corrected chi connectivity index (χ0v) is 16.7. The van der Waals surface area contributed by atoms with E-state index in [4.69, 9.17) is 10.1 Å². The Kier molecular flexibility index (Phi) is 4.81. The Hall–Kier alpha value is -3.22. The second-order valence-corrected chi connectivity index (χ2v) is 7.20. The zero-order chi connectivity index (χ0) is 19.7. The van der Waals surface area contributed by atoms with Crippen LogP contribution in [0.25, 0.3) is 28.6 Å². The molecule has 28 heavy (non-hydrogen) atoms. The molecule has 144 valence electrons. The SMILES string of the molecule is CCC(C)Cc1nc(-c2ccccc2-c2nccn2C)n(-c2ccnn2C)n1. The van der Waals surface area contributed by atoms with E-state index >= 15 is 0 Å². The van der Waals surface area contributed by atoms with Gasteiger partial charge in [-0.25, -0.2) is 9.97 Å². The average molecular weight is 375 g/mol. The van der Waals surface area contributed by atoms with E-state index in [2.05, 4.69) is 36.1 Å². The molecule has 3 aromatic heterocycles. The molecule has 1 aromatic carbocycles. The molecule has 0 radical (unpaired) electrons. The summed E-state index contributed by atoms with van der Waals surface area (Å²) in [4.78, 5) is 9.48. The van der Waals surface area contributed by atoms with Gasteiger partial charge in [0.05, 0.1) is 6.20 Å². The van der Waals surface area contributed by atoms with Crippen LogP contribution in [0.15, 0.2) is 48.9 Å². The predicted molar refractivity (Wildman–Crippen MR) is 109 cm³/mol. The van der Waals surface area contributed by atoms with E-state index in [0.29, 0.717) is 5.92 Å². The topological polar surface area (TPSA) is 66.3 Å². The lowest BCUT2D eigenvalue weighted by atomic mass is 10.0. The number of benzene rings is 1. The number of hydrogen-bond donors (Lipinski definition) is 0. The highest BCUT2D eigenvalue weighted by atomic mass is 15.4. The lowest BCUT2D eigenvalue weighted by molar-refractivity contribution is 0.541. The third-order valence-electron chi connectivity index (χ3n) is 5.12. The molecule has 4 aromatic rings. The van der Waals surface area contributed by atoms with Crippen molar-refractivity contribution in [3.8, 4) is 28.6 Å². The first-order valence-electron chi connectivity index (χ1n) is 9.60. The lowest BCUT2D eigenvalue weighted by Crippen LogP contribution is -2.07. The number of aryl methyl sites for hydroxylation is 2. The molecular weight excluding hydrogens is 350 g/mol. The summed E-state index contributed by atoms with van der Waals surface area (Å²) in [5, 5.41) is 9.15. The van der Waals surface area contributed by atoms with Crippen molar-refractivity contribution in [3.63, 3.8) is 0 Å². The van der Waals surface area contributed by atoms with Gasteiger partial charge in [-0.15, -0.1) is 5.10 Å². The van der Waals surface area contributed by atoms with Gasteiger partial charge in [0, 0.05) is 50.1 Å². The van der Waals surface area contributed by atoms with Crippen LogP contribution in [0.1, 0.15) is 26.1 Å². The fraction of sp³-hybridized carbons (Fsp3) is 0.333. The van der Waals surface area contributed by atoms with Crippen LogP contribution in [0.3, 0.4) is 0 Å². The molecule has 0 aliphatic carbocycles. The maximum Gasteiger partial charge on any atom is 0.166 e. The van der Waals surface area contributed by atoms with Gasteiger partial charge >= 0.3 is 0 Å². The standard InChI is InChI=1S/C21H25N7/c1-5-15(2)14-18-24-21(28(25-18)19-10-11-23-27(19)4)17-9-7-6-8-16(17)20-22-12-13-26(20)3/h6-13,15H,5,14H2,1-4H3. The summed E-state index contributed by atoms with van der Waals surface area (Å²) in [5.74, 6) is 3.96. The molecule has 0 spiro atoms. The average Bonchev–Trinajstić information content (AvgIpc) is 3.41. The summed E-state index contributed by atoms with van der Waals surface area (Å²) in [6.45, 7) is 4.42. The summed E-state index contributed by atoms with van der Waals surface area (Å²) in [7, 11) is 3.92. The Balaban J connectivity index is 1.91. The molecule has 4 rings (SSSR count). The molecule has 0 fully saturated rings. The van der Waals surface area contributed by atoms with Crippen LogP contribution < -0.4 is 0 Å². The van der Waals surface area contributed by atoms with E-state index in [0.717, 1.165) is 47.3 Å². The van der Waals surface area contributed by atoms with Crippen LogP contribution in [0.5, 0.6) is 0 Å². The summed E-state index contributed by atoms with van der Waals surface area (Å²) in [6, 6.07) is 10.2. The Morgan fingerprint density at radius 3 is 2.36 bits per heavy atom. The van der Waals surface area contributed by atoms with Crippen molar-refractivity contribution in [3.05, 3.63) is 54.7 Å². The Morgan fingerprint density at radius 2 is 1.75 bits per heavy atom. The molecule has 0 saturated carbocycles. The van der Waals surface area contributed by atoms with Crippen LogP contribution in [0, 0.1) is 5.92 Å². The molecule has 0 saturated heterocycles. The minimum atomic E-state index is 0.528. The predicted octanol–water partition coefficient (Wildman–Crippen LogP) is 3.66. The van der Waals surface area contributed by atoms with Gasteiger partial charge in [-0.1, -0.05) is 44.5 Å². The van der Waals surface area contributed by atoms with E-state index in [-0.39, 0.29) is 0 Å². The van der Waals surface area contributed by atoms with Crippen LogP contribution in [-0.2, 0) is 20.5 Å². The first-order valence-corrected chi connectivity index (χ1v) is 9.60. The third kappa shape index (κ3) is 3.24. The van der Waals surface area contributed by atoms with Gasteiger partial charge in [0.25, 0.3) is 0 Å². The molecule has 1 unspecified atom stereocenters. The number of hydrogen-bond acceptors (Lipinski definition) is 4. The molecule has 0 amide bonds. The van der Waals surface area contributed by atoms with Crippen molar-refractivity contribution >= 4 is 0 Å². The minimum absolute atomic E-state index is 0.528. The van der Waals surface area contributed by atoms with Gasteiger partial charge in [-0.05, 0) is 5.92 Å². The van der Waals surface area contributed by atoms with Crippen molar-refractivity contribution in [1.82, 2.24) is 34.1 Å². The maximum atomic E-state index is 4.94. The molecule has 7 heteroatoms. The van der Waals surface area contributed by atoms with Gasteiger partial charge in [0.15, 0.2) is 17.5 Å². The normalized spacial score (nSPS) is 12.4. The smallest absolute Gasteiger partial charge is 0.166 e. The number of rotatable bonds is 6. The van der Waals surface area contributed by atoms with E-state index < -0.39 is 0 Å². The zero-order valence-electron chi connectivity index (χ0n) is 16.7. The van der Waals surface area contributed by atoms with Crippen LogP contribution >= 0.6 is 0 Å². The summed E-state index contributed by atoms with van der Waals surface area (Å²) in [6.07, 6.45) is 7.48. The first-order chi connectivity index (χ1) is 13.6. The molecule has 1 atom stereocenters. The van der Waals surface area contributed by atoms with E-state index in [9.17, 15) is 0 Å². The summed E-state index contributed by atoms with van der Waals surface area (Å²) >= 11 is 0. The monoisotopic (exact) mass is 375 g/mol. The van der Waals surface area contributed by atoms with Gasteiger partial charge in [0.2, 0.25) is 0 Å². The summed E-state index contributed by atoms with van der Waals surface area (Å²) < 4.78 is 5.73. The number of nitrogens with zero attached hydrogens (tertiary/aromatic N) is 7. The molecule has 0 bridgehead atoms. The second kappa shape index (κ2) is 7.42. The maximum absolute atomic E-state index is 4.94. The highest BCUT2D eigenvalue weighted by molar-refractivity contribution is 5.78. The van der Waals surface area contributed by atoms with Crippen molar-refractivity contribution in [2.24, 2.45) is 20.0 Å². The fourth-order valence-corrected chi connectivity index (χ4v) is 3.30. The number of imidazole rings is 1. The van der Waals surface area contributed by atoms with Crippen molar-refractivity contribution < 1.29 is 0 Å². The minimum Gasteiger partial charge on any atom is -0.334 e. The van der Waals surface area contributed by atoms with E-state index in [1.54, 1.807) is 6.20 Å². The highest BCUT2D eigenvalue weighted by Gasteiger charge is 2.20. The Morgan fingerprint density at radius 1 is 1.00 bits per heavy atom. The quantitative estimate of drug-likeness (QED) is 0.516. The van der Waals surface area contributed by atoms with Crippen LogP contribution in [0.4, 0.5) is 0 Å². The van der Waals surface area contributed by atoms with Gasteiger partial charge < -0.3 is 4.57 Å². The highest BCUT2D eigenvalue weighted by Crippen LogP contribution is 2.31. The molecule has 0 N–H and O–H groups in total. The largest absolute Gasteiger partial charge is 0.334 e. The van der Waals surface area contributed by atoms with E-state index in [1.165, 1.54) is 0 Å². The molecule has 0 aliphatic heterocycles. The third-order valence-corrected chi connectivity index (χ3v) is 5.12. The molecule has 7 nitrogen and oxygen atoms in total. The van der Waals surface area contributed by atoms with Gasteiger partial charge in [-0.3, -0.25) is 4.68 Å². The first kappa shape index (κ1) is 18.2. The molecular formula is C21H25N7. The molecule has 3 heterocycles. The Labute approximate surface area is 164 Å². The van der Waals surface area contributed by atoms with Crippen molar-refractivity contribution in [2.75, 3.05) is 0 Å². The number of aromatic nitrogens is 7.